The zero-order valence-corrected chi connectivity index (χ0v) is 12.2. The molecule has 1 aliphatic rings. The summed E-state index contributed by atoms with van der Waals surface area (Å²) in [5.74, 6) is 1.44. The van der Waals surface area contributed by atoms with Gasteiger partial charge in [0.2, 0.25) is 0 Å². The van der Waals surface area contributed by atoms with E-state index in [1.165, 1.54) is 6.42 Å². The van der Waals surface area contributed by atoms with Gasteiger partial charge < -0.3 is 5.73 Å². The van der Waals surface area contributed by atoms with Crippen LogP contribution in [-0.4, -0.2) is 26.5 Å². The second-order valence-corrected chi connectivity index (χ2v) is 8.84. The predicted octanol–water partition coefficient (Wildman–Crippen LogP) is 2.21. The summed E-state index contributed by atoms with van der Waals surface area (Å²) >= 11 is 0. The van der Waals surface area contributed by atoms with Gasteiger partial charge in [0, 0.05) is 0 Å². The zero-order chi connectivity index (χ0) is 13.1. The van der Waals surface area contributed by atoms with Crippen LogP contribution >= 0.6 is 0 Å². The lowest BCUT2D eigenvalue weighted by Gasteiger charge is -2.23. The fourth-order valence-electron chi connectivity index (χ4n) is 2.64. The van der Waals surface area contributed by atoms with Crippen molar-refractivity contribution in [2.45, 2.75) is 46.5 Å². The third kappa shape index (κ3) is 5.38. The van der Waals surface area contributed by atoms with Gasteiger partial charge in [0.1, 0.15) is 0 Å². The van der Waals surface area contributed by atoms with E-state index in [0.29, 0.717) is 35.3 Å². The van der Waals surface area contributed by atoms with Crippen LogP contribution in [0.15, 0.2) is 0 Å². The molecule has 3 nitrogen and oxygen atoms in total. The second-order valence-electron chi connectivity index (χ2n) is 6.61. The SMILES string of the molecule is CC(C)(C)CCCC(CN)C1CCS(=O)(=O)C1. The molecule has 2 unspecified atom stereocenters. The van der Waals surface area contributed by atoms with E-state index in [4.69, 9.17) is 5.73 Å². The first-order valence-corrected chi connectivity index (χ1v) is 8.46. The molecule has 0 saturated carbocycles. The minimum Gasteiger partial charge on any atom is -0.330 e. The van der Waals surface area contributed by atoms with E-state index in [0.717, 1.165) is 19.3 Å². The molecule has 0 aromatic carbocycles. The number of hydrogen-bond donors (Lipinski definition) is 1. The van der Waals surface area contributed by atoms with Gasteiger partial charge in [-0.1, -0.05) is 27.2 Å². The van der Waals surface area contributed by atoms with Crippen molar-refractivity contribution in [1.29, 1.82) is 0 Å². The fraction of sp³-hybridized carbons (Fsp3) is 1.00. The van der Waals surface area contributed by atoms with Gasteiger partial charge in [-0.15, -0.1) is 0 Å². The van der Waals surface area contributed by atoms with Crippen molar-refractivity contribution in [3.05, 3.63) is 0 Å². The van der Waals surface area contributed by atoms with E-state index in [1.54, 1.807) is 0 Å². The Morgan fingerprint density at radius 1 is 1.35 bits per heavy atom. The Morgan fingerprint density at radius 2 is 2.00 bits per heavy atom. The van der Waals surface area contributed by atoms with Gasteiger partial charge in [0.15, 0.2) is 9.84 Å². The lowest BCUT2D eigenvalue weighted by atomic mass is 9.83. The molecule has 0 aromatic rings. The van der Waals surface area contributed by atoms with Crippen molar-refractivity contribution in [2.24, 2.45) is 23.0 Å². The molecular formula is C13H27NO2S. The van der Waals surface area contributed by atoms with Gasteiger partial charge >= 0.3 is 0 Å². The van der Waals surface area contributed by atoms with Crippen molar-refractivity contribution < 1.29 is 8.42 Å². The van der Waals surface area contributed by atoms with Crippen LogP contribution in [0.4, 0.5) is 0 Å². The van der Waals surface area contributed by atoms with Gasteiger partial charge in [0.25, 0.3) is 0 Å². The van der Waals surface area contributed by atoms with Gasteiger partial charge in [-0.05, 0) is 43.1 Å². The summed E-state index contributed by atoms with van der Waals surface area (Å²) < 4.78 is 22.9. The summed E-state index contributed by atoms with van der Waals surface area (Å²) in [6, 6.07) is 0. The Kier molecular flexibility index (Phi) is 5.02. The highest BCUT2D eigenvalue weighted by Gasteiger charge is 2.32. The van der Waals surface area contributed by atoms with E-state index >= 15 is 0 Å². The summed E-state index contributed by atoms with van der Waals surface area (Å²) in [7, 11) is -2.76. The third-order valence-corrected chi connectivity index (χ3v) is 5.53. The quantitative estimate of drug-likeness (QED) is 0.825. The molecule has 0 amide bonds. The summed E-state index contributed by atoms with van der Waals surface area (Å²) in [4.78, 5) is 0. The van der Waals surface area contributed by atoms with Crippen LogP contribution in [0, 0.1) is 17.3 Å². The average Bonchev–Trinajstić information content (AvgIpc) is 2.52. The van der Waals surface area contributed by atoms with Crippen LogP contribution in [0.25, 0.3) is 0 Å². The molecule has 2 N–H and O–H groups in total. The van der Waals surface area contributed by atoms with Crippen LogP contribution in [0.1, 0.15) is 46.5 Å². The number of hydrogen-bond acceptors (Lipinski definition) is 3. The number of nitrogens with two attached hydrogens (primary N) is 1. The van der Waals surface area contributed by atoms with Crippen molar-refractivity contribution >= 4 is 9.84 Å². The smallest absolute Gasteiger partial charge is 0.150 e. The molecule has 0 bridgehead atoms. The molecule has 1 aliphatic heterocycles. The minimum atomic E-state index is -2.76. The summed E-state index contributed by atoms with van der Waals surface area (Å²) in [6.07, 6.45) is 4.23. The molecule has 2 atom stereocenters. The van der Waals surface area contributed by atoms with Gasteiger partial charge in [-0.3, -0.25) is 0 Å². The summed E-state index contributed by atoms with van der Waals surface area (Å²) in [5.41, 5.74) is 6.16. The molecule has 0 spiro atoms. The van der Waals surface area contributed by atoms with E-state index in [2.05, 4.69) is 20.8 Å². The topological polar surface area (TPSA) is 60.2 Å². The van der Waals surface area contributed by atoms with Crippen LogP contribution in [0.3, 0.4) is 0 Å². The Balaban J connectivity index is 2.39. The number of rotatable bonds is 5. The Bertz CT molecular complexity index is 330. The van der Waals surface area contributed by atoms with E-state index in [9.17, 15) is 8.42 Å². The molecule has 1 heterocycles. The molecule has 17 heavy (non-hydrogen) atoms. The first-order chi connectivity index (χ1) is 7.73. The van der Waals surface area contributed by atoms with Gasteiger partial charge in [-0.2, -0.15) is 0 Å². The Hall–Kier alpha value is -0.0900. The van der Waals surface area contributed by atoms with Crippen LogP contribution in [-0.2, 0) is 9.84 Å². The second kappa shape index (κ2) is 5.70. The fourth-order valence-corrected chi connectivity index (χ4v) is 4.56. The largest absolute Gasteiger partial charge is 0.330 e. The Labute approximate surface area is 106 Å². The molecule has 0 radical (unpaired) electrons. The third-order valence-electron chi connectivity index (χ3n) is 3.74. The van der Waals surface area contributed by atoms with Gasteiger partial charge in [0.05, 0.1) is 11.5 Å². The molecule has 1 rings (SSSR count). The molecular weight excluding hydrogens is 234 g/mol. The van der Waals surface area contributed by atoms with Crippen LogP contribution < -0.4 is 5.73 Å². The highest BCUT2D eigenvalue weighted by atomic mass is 32.2. The average molecular weight is 261 g/mol. The maximum absolute atomic E-state index is 11.5. The highest BCUT2D eigenvalue weighted by Crippen LogP contribution is 2.30. The van der Waals surface area contributed by atoms with Crippen molar-refractivity contribution in [3.63, 3.8) is 0 Å². The lowest BCUT2D eigenvalue weighted by Crippen LogP contribution is -2.25. The minimum absolute atomic E-state index is 0.310. The monoisotopic (exact) mass is 261 g/mol. The Morgan fingerprint density at radius 3 is 2.41 bits per heavy atom. The summed E-state index contributed by atoms with van der Waals surface area (Å²) in [5, 5.41) is 0. The maximum Gasteiger partial charge on any atom is 0.150 e. The standard InChI is InChI=1S/C13H27NO2S/c1-13(2,3)7-4-5-11(9-14)12-6-8-17(15,16)10-12/h11-12H,4-10,14H2,1-3H3. The van der Waals surface area contributed by atoms with Crippen molar-refractivity contribution in [3.8, 4) is 0 Å². The summed E-state index contributed by atoms with van der Waals surface area (Å²) in [6.45, 7) is 7.35. The first-order valence-electron chi connectivity index (χ1n) is 6.64. The molecule has 0 aliphatic carbocycles. The molecule has 102 valence electrons. The van der Waals surface area contributed by atoms with Crippen molar-refractivity contribution in [1.82, 2.24) is 0 Å². The van der Waals surface area contributed by atoms with Crippen LogP contribution in [0.5, 0.6) is 0 Å². The molecule has 1 fully saturated rings. The maximum atomic E-state index is 11.5. The molecule has 0 aromatic heterocycles. The zero-order valence-electron chi connectivity index (χ0n) is 11.4. The van der Waals surface area contributed by atoms with Crippen molar-refractivity contribution in [2.75, 3.05) is 18.1 Å². The van der Waals surface area contributed by atoms with Gasteiger partial charge in [-0.25, -0.2) is 8.42 Å². The first kappa shape index (κ1) is 15.0. The molecule has 1 saturated heterocycles. The van der Waals surface area contributed by atoms with E-state index < -0.39 is 9.84 Å². The predicted molar refractivity (Wildman–Crippen MR) is 72.6 cm³/mol. The van der Waals surface area contributed by atoms with Crippen LogP contribution in [0.2, 0.25) is 0 Å². The lowest BCUT2D eigenvalue weighted by molar-refractivity contribution is 0.298. The van der Waals surface area contributed by atoms with E-state index in [1.807, 2.05) is 0 Å². The van der Waals surface area contributed by atoms with E-state index in [-0.39, 0.29) is 0 Å². The highest BCUT2D eigenvalue weighted by molar-refractivity contribution is 7.91. The molecule has 4 heteroatoms. The number of sulfone groups is 1. The normalized spacial score (nSPS) is 26.0.